The number of ether oxygens (including phenoxy) is 1. The summed E-state index contributed by atoms with van der Waals surface area (Å²) in [5.74, 6) is -0.0369. The maximum absolute atomic E-state index is 12.9. The lowest BCUT2D eigenvalue weighted by molar-refractivity contribution is -0.136. The van der Waals surface area contributed by atoms with E-state index in [-0.39, 0.29) is 42.7 Å². The van der Waals surface area contributed by atoms with E-state index in [2.05, 4.69) is 15.6 Å². The predicted octanol–water partition coefficient (Wildman–Crippen LogP) is 1.39. The fourth-order valence-corrected chi connectivity index (χ4v) is 4.45. The molecule has 0 aromatic carbocycles. The molecule has 0 spiro atoms. The molecule has 1 aliphatic heterocycles. The van der Waals surface area contributed by atoms with E-state index in [1.165, 1.54) is 0 Å². The van der Waals surface area contributed by atoms with Crippen LogP contribution < -0.4 is 5.32 Å². The van der Waals surface area contributed by atoms with Gasteiger partial charge in [0.05, 0.1) is 37.3 Å². The van der Waals surface area contributed by atoms with Crippen molar-refractivity contribution in [2.75, 3.05) is 26.7 Å². The van der Waals surface area contributed by atoms with Crippen LogP contribution in [-0.2, 0) is 22.7 Å². The SMILES string of the molecule is C[C@@H]1CN([C@@H](C)CO)C(=O)CCCn2nncc2CO[C@@H]1CN(C)C(=O)NC1CCCC1. The van der Waals surface area contributed by atoms with Gasteiger partial charge in [0, 0.05) is 45.1 Å². The number of nitrogens with zero attached hydrogens (tertiary/aromatic N) is 5. The summed E-state index contributed by atoms with van der Waals surface area (Å²) in [6.45, 7) is 5.56. The number of fused-ring (bicyclic) bond motifs is 1. The van der Waals surface area contributed by atoms with Crippen LogP contribution in [0.25, 0.3) is 0 Å². The van der Waals surface area contributed by atoms with Gasteiger partial charge in [-0.25, -0.2) is 9.48 Å². The second kappa shape index (κ2) is 11.6. The normalized spacial score (nSPS) is 24.4. The Morgan fingerprint density at radius 2 is 2.12 bits per heavy atom. The minimum atomic E-state index is -0.293. The molecule has 3 rings (SSSR count). The molecule has 0 unspecified atom stereocenters. The van der Waals surface area contributed by atoms with Gasteiger partial charge >= 0.3 is 6.03 Å². The highest BCUT2D eigenvalue weighted by Gasteiger charge is 2.29. The predicted molar refractivity (Wildman–Crippen MR) is 119 cm³/mol. The molecular weight excluding hydrogens is 412 g/mol. The van der Waals surface area contributed by atoms with Crippen molar-refractivity contribution < 1.29 is 19.4 Å². The number of hydrogen-bond acceptors (Lipinski definition) is 6. The van der Waals surface area contributed by atoms with Crippen LogP contribution in [0.3, 0.4) is 0 Å². The Kier molecular flexibility index (Phi) is 8.86. The summed E-state index contributed by atoms with van der Waals surface area (Å²) < 4.78 is 8.05. The number of aryl methyl sites for hydroxylation is 1. The molecule has 3 amide bonds. The molecule has 0 bridgehead atoms. The van der Waals surface area contributed by atoms with Crippen molar-refractivity contribution in [2.45, 2.75) is 83.7 Å². The van der Waals surface area contributed by atoms with Gasteiger partial charge in [-0.15, -0.1) is 5.10 Å². The summed E-state index contributed by atoms with van der Waals surface area (Å²) in [4.78, 5) is 29.0. The summed E-state index contributed by atoms with van der Waals surface area (Å²) in [5.41, 5.74) is 0.855. The van der Waals surface area contributed by atoms with Gasteiger partial charge in [0.2, 0.25) is 5.91 Å². The number of carbonyl (C=O) groups excluding carboxylic acids is 2. The van der Waals surface area contributed by atoms with Crippen molar-refractivity contribution in [1.29, 1.82) is 0 Å². The number of hydrogen-bond donors (Lipinski definition) is 2. The number of amides is 3. The first-order valence-corrected chi connectivity index (χ1v) is 11.8. The lowest BCUT2D eigenvalue weighted by atomic mass is 10.0. The molecule has 1 fully saturated rings. The molecule has 32 heavy (non-hydrogen) atoms. The van der Waals surface area contributed by atoms with Crippen LogP contribution in [0.15, 0.2) is 6.20 Å². The summed E-state index contributed by atoms with van der Waals surface area (Å²) in [6, 6.07) is -0.125. The molecule has 0 radical (unpaired) electrons. The second-order valence-electron chi connectivity index (χ2n) is 9.27. The van der Waals surface area contributed by atoms with Crippen molar-refractivity contribution in [3.63, 3.8) is 0 Å². The standard InChI is InChI=1S/C22H38N6O4/c1-16-12-27(17(2)14-29)21(30)9-6-10-28-19(11-23-25-28)15-32-20(16)13-26(3)22(31)24-18-7-4-5-8-18/h11,16-18,20,29H,4-10,12-15H2,1-3H3,(H,24,31)/t16-,17+,20-/m1/s1. The molecule has 2 heterocycles. The Morgan fingerprint density at radius 1 is 1.38 bits per heavy atom. The number of urea groups is 1. The number of nitrogens with one attached hydrogen (secondary N) is 1. The van der Waals surface area contributed by atoms with Crippen LogP contribution in [0.1, 0.15) is 58.1 Å². The van der Waals surface area contributed by atoms with Gasteiger partial charge in [-0.3, -0.25) is 4.79 Å². The van der Waals surface area contributed by atoms with Gasteiger partial charge in [0.25, 0.3) is 0 Å². The number of aliphatic hydroxyl groups excluding tert-OH is 1. The van der Waals surface area contributed by atoms with E-state index in [0.717, 1.165) is 31.4 Å². The van der Waals surface area contributed by atoms with E-state index >= 15 is 0 Å². The summed E-state index contributed by atoms with van der Waals surface area (Å²) in [7, 11) is 1.78. The summed E-state index contributed by atoms with van der Waals surface area (Å²) >= 11 is 0. The smallest absolute Gasteiger partial charge is 0.317 e. The van der Waals surface area contributed by atoms with Crippen LogP contribution in [-0.4, -0.2) is 86.8 Å². The highest BCUT2D eigenvalue weighted by Crippen LogP contribution is 2.20. The van der Waals surface area contributed by atoms with E-state index in [4.69, 9.17) is 4.74 Å². The number of likely N-dealkylation sites (N-methyl/N-ethyl adjacent to an activating group) is 1. The van der Waals surface area contributed by atoms with Crippen molar-refractivity contribution in [1.82, 2.24) is 30.1 Å². The van der Waals surface area contributed by atoms with Crippen LogP contribution in [0.5, 0.6) is 0 Å². The van der Waals surface area contributed by atoms with E-state index in [1.54, 1.807) is 27.7 Å². The molecule has 1 saturated carbocycles. The fourth-order valence-electron chi connectivity index (χ4n) is 4.45. The number of carbonyl (C=O) groups is 2. The zero-order valence-electron chi connectivity index (χ0n) is 19.6. The third-order valence-corrected chi connectivity index (χ3v) is 6.62. The molecule has 180 valence electrons. The highest BCUT2D eigenvalue weighted by molar-refractivity contribution is 5.76. The van der Waals surface area contributed by atoms with Gasteiger partial charge in [-0.1, -0.05) is 25.0 Å². The lowest BCUT2D eigenvalue weighted by Crippen LogP contribution is -2.49. The molecule has 1 aromatic rings. The first-order valence-electron chi connectivity index (χ1n) is 11.8. The third kappa shape index (κ3) is 6.41. The van der Waals surface area contributed by atoms with Crippen molar-refractivity contribution in [3.8, 4) is 0 Å². The van der Waals surface area contributed by atoms with Crippen LogP contribution in [0.2, 0.25) is 0 Å². The van der Waals surface area contributed by atoms with Crippen LogP contribution in [0, 0.1) is 5.92 Å². The monoisotopic (exact) mass is 450 g/mol. The summed E-state index contributed by atoms with van der Waals surface area (Å²) in [5, 5.41) is 20.9. The van der Waals surface area contributed by atoms with Gasteiger partial charge in [0.1, 0.15) is 0 Å². The molecule has 10 heteroatoms. The third-order valence-electron chi connectivity index (χ3n) is 6.62. The number of aliphatic hydroxyl groups is 1. The Balaban J connectivity index is 1.73. The van der Waals surface area contributed by atoms with Gasteiger partial charge in [0.15, 0.2) is 0 Å². The zero-order valence-corrected chi connectivity index (χ0v) is 19.6. The summed E-state index contributed by atoms with van der Waals surface area (Å²) in [6.07, 6.45) is 6.80. The highest BCUT2D eigenvalue weighted by atomic mass is 16.5. The average molecular weight is 451 g/mol. The minimum absolute atomic E-state index is 0.00622. The van der Waals surface area contributed by atoms with Crippen molar-refractivity contribution in [3.05, 3.63) is 11.9 Å². The van der Waals surface area contributed by atoms with Crippen molar-refractivity contribution >= 4 is 11.9 Å². The lowest BCUT2D eigenvalue weighted by Gasteiger charge is -2.35. The van der Waals surface area contributed by atoms with E-state index < -0.39 is 0 Å². The largest absolute Gasteiger partial charge is 0.394 e. The molecule has 10 nitrogen and oxygen atoms in total. The second-order valence-corrected chi connectivity index (χ2v) is 9.27. The molecule has 2 aliphatic rings. The zero-order chi connectivity index (χ0) is 23.1. The molecule has 3 atom stereocenters. The van der Waals surface area contributed by atoms with E-state index in [0.29, 0.717) is 39.1 Å². The Bertz CT molecular complexity index is 751. The van der Waals surface area contributed by atoms with E-state index in [9.17, 15) is 14.7 Å². The first-order chi connectivity index (χ1) is 15.4. The average Bonchev–Trinajstić information content (AvgIpc) is 3.45. The first kappa shape index (κ1) is 24.4. The maximum atomic E-state index is 12.9. The van der Waals surface area contributed by atoms with Gasteiger partial charge in [-0.2, -0.15) is 0 Å². The Morgan fingerprint density at radius 3 is 2.84 bits per heavy atom. The Labute approximate surface area is 190 Å². The molecule has 0 saturated heterocycles. The fraction of sp³-hybridized carbons (Fsp3) is 0.818. The minimum Gasteiger partial charge on any atom is -0.394 e. The maximum Gasteiger partial charge on any atom is 0.317 e. The van der Waals surface area contributed by atoms with Crippen molar-refractivity contribution in [2.24, 2.45) is 5.92 Å². The van der Waals surface area contributed by atoms with Crippen LogP contribution >= 0.6 is 0 Å². The topological polar surface area (TPSA) is 113 Å². The molecular formula is C22H38N6O4. The van der Waals surface area contributed by atoms with Crippen LogP contribution in [0.4, 0.5) is 4.79 Å². The quantitative estimate of drug-likeness (QED) is 0.701. The van der Waals surface area contributed by atoms with Gasteiger partial charge < -0.3 is 25.0 Å². The van der Waals surface area contributed by atoms with Gasteiger partial charge in [-0.05, 0) is 26.2 Å². The molecule has 1 aliphatic carbocycles. The van der Waals surface area contributed by atoms with E-state index in [1.807, 2.05) is 13.8 Å². The number of rotatable bonds is 5. The Hall–Kier alpha value is -2.20. The molecule has 1 aromatic heterocycles. The number of aromatic nitrogens is 3. The molecule has 2 N–H and O–H groups in total.